The van der Waals surface area contributed by atoms with E-state index in [4.69, 9.17) is 11.6 Å². The predicted molar refractivity (Wildman–Crippen MR) is 85.5 cm³/mol. The van der Waals surface area contributed by atoms with Gasteiger partial charge in [0.25, 0.3) is 0 Å². The Hall–Kier alpha value is -0.380. The molecule has 0 amide bonds. The molecule has 0 unspecified atom stereocenters. The Morgan fingerprint density at radius 2 is 2.16 bits per heavy atom. The van der Waals surface area contributed by atoms with Crippen molar-refractivity contribution in [2.75, 3.05) is 29.5 Å². The summed E-state index contributed by atoms with van der Waals surface area (Å²) in [4.78, 5) is 2.48. The molecule has 1 N–H and O–H groups in total. The number of hydrogen-bond donors (Lipinski definition) is 1. The molecular weight excluding hydrogens is 276 g/mol. The fraction of sp³-hybridized carbons (Fsp3) is 0.600. The van der Waals surface area contributed by atoms with Crippen molar-refractivity contribution < 1.29 is 0 Å². The van der Waals surface area contributed by atoms with Crippen molar-refractivity contribution in [3.63, 3.8) is 0 Å². The first-order valence-corrected chi connectivity index (χ1v) is 8.71. The van der Waals surface area contributed by atoms with E-state index in [9.17, 15) is 0 Å². The van der Waals surface area contributed by atoms with Gasteiger partial charge in [-0.25, -0.2) is 0 Å². The number of rotatable bonds is 4. The summed E-state index contributed by atoms with van der Waals surface area (Å²) in [7, 11) is 0. The first-order valence-electron chi connectivity index (χ1n) is 7.18. The normalized spacial score (nSPS) is 20.4. The van der Waals surface area contributed by atoms with Crippen LogP contribution in [0.3, 0.4) is 0 Å². The average Bonchev–Trinajstić information content (AvgIpc) is 3.24. The lowest BCUT2D eigenvalue weighted by molar-refractivity contribution is 0.683. The van der Waals surface area contributed by atoms with Gasteiger partial charge in [-0.05, 0) is 36.6 Å². The maximum absolute atomic E-state index is 6.47. The zero-order valence-electron chi connectivity index (χ0n) is 11.2. The molecule has 1 aromatic rings. The van der Waals surface area contributed by atoms with Crippen LogP contribution in [-0.4, -0.2) is 30.6 Å². The number of nitrogens with zero attached hydrogens (tertiary/aromatic N) is 1. The molecule has 2 aliphatic rings. The Morgan fingerprint density at radius 1 is 1.26 bits per heavy atom. The van der Waals surface area contributed by atoms with E-state index in [1.165, 1.54) is 42.0 Å². The van der Waals surface area contributed by atoms with Gasteiger partial charge < -0.3 is 10.2 Å². The van der Waals surface area contributed by atoms with E-state index >= 15 is 0 Å². The largest absolute Gasteiger partial charge is 0.369 e. The zero-order chi connectivity index (χ0) is 13.1. The quantitative estimate of drug-likeness (QED) is 0.915. The summed E-state index contributed by atoms with van der Waals surface area (Å²) in [5.74, 6) is 2.48. The van der Waals surface area contributed by atoms with Gasteiger partial charge in [-0.2, -0.15) is 11.8 Å². The summed E-state index contributed by atoms with van der Waals surface area (Å²) in [6.07, 6.45) is 3.91. The molecule has 0 radical (unpaired) electrons. The highest BCUT2D eigenvalue weighted by Crippen LogP contribution is 2.32. The Bertz CT molecular complexity index is 426. The van der Waals surface area contributed by atoms with Crippen molar-refractivity contribution >= 4 is 29.1 Å². The summed E-state index contributed by atoms with van der Waals surface area (Å²) in [6.45, 7) is 3.20. The number of hydrogen-bond acceptors (Lipinski definition) is 3. The Labute approximate surface area is 124 Å². The van der Waals surface area contributed by atoms with Crippen molar-refractivity contribution in [2.45, 2.75) is 31.8 Å². The Kier molecular flexibility index (Phi) is 4.57. The van der Waals surface area contributed by atoms with Crippen LogP contribution >= 0.6 is 23.4 Å². The lowest BCUT2D eigenvalue weighted by Gasteiger charge is -2.26. The topological polar surface area (TPSA) is 15.3 Å². The van der Waals surface area contributed by atoms with E-state index in [1.807, 2.05) is 6.07 Å². The monoisotopic (exact) mass is 296 g/mol. The highest BCUT2D eigenvalue weighted by Gasteiger charge is 2.22. The van der Waals surface area contributed by atoms with Gasteiger partial charge in [-0.1, -0.05) is 23.7 Å². The van der Waals surface area contributed by atoms with E-state index in [2.05, 4.69) is 34.1 Å². The van der Waals surface area contributed by atoms with Crippen molar-refractivity contribution in [2.24, 2.45) is 0 Å². The summed E-state index contributed by atoms with van der Waals surface area (Å²) in [5.41, 5.74) is 2.62. The maximum Gasteiger partial charge on any atom is 0.0642 e. The van der Waals surface area contributed by atoms with Gasteiger partial charge in [0.2, 0.25) is 0 Å². The van der Waals surface area contributed by atoms with Crippen LogP contribution in [0.15, 0.2) is 18.2 Å². The van der Waals surface area contributed by atoms with Gasteiger partial charge in [-0.3, -0.25) is 0 Å². The number of halogens is 1. The van der Waals surface area contributed by atoms with Crippen molar-refractivity contribution in [3.05, 3.63) is 28.8 Å². The van der Waals surface area contributed by atoms with Crippen LogP contribution in [0.1, 0.15) is 24.8 Å². The second-order valence-corrected chi connectivity index (χ2v) is 6.99. The van der Waals surface area contributed by atoms with Gasteiger partial charge in [0, 0.05) is 31.4 Å². The zero-order valence-corrected chi connectivity index (χ0v) is 12.8. The highest BCUT2D eigenvalue weighted by molar-refractivity contribution is 7.99. The molecule has 1 aliphatic heterocycles. The molecule has 1 saturated carbocycles. The summed E-state index contributed by atoms with van der Waals surface area (Å²) in [6, 6.07) is 7.05. The molecule has 1 aromatic carbocycles. The lowest BCUT2D eigenvalue weighted by atomic mass is 10.1. The third-order valence-electron chi connectivity index (χ3n) is 3.77. The van der Waals surface area contributed by atoms with Crippen molar-refractivity contribution in [3.8, 4) is 0 Å². The second-order valence-electron chi connectivity index (χ2n) is 5.36. The first-order chi connectivity index (χ1) is 9.34. The van der Waals surface area contributed by atoms with Gasteiger partial charge in [0.15, 0.2) is 0 Å². The lowest BCUT2D eigenvalue weighted by Crippen LogP contribution is -2.28. The van der Waals surface area contributed by atoms with Crippen LogP contribution in [-0.2, 0) is 6.54 Å². The van der Waals surface area contributed by atoms with Crippen LogP contribution in [0.2, 0.25) is 5.02 Å². The van der Waals surface area contributed by atoms with E-state index in [0.717, 1.165) is 30.7 Å². The molecule has 1 aliphatic carbocycles. The predicted octanol–water partition coefficient (Wildman–Crippen LogP) is 3.54. The number of thioether (sulfide) groups is 1. The van der Waals surface area contributed by atoms with Crippen LogP contribution in [0.25, 0.3) is 0 Å². The minimum absolute atomic E-state index is 0.742. The van der Waals surface area contributed by atoms with Gasteiger partial charge in [-0.15, -0.1) is 0 Å². The van der Waals surface area contributed by atoms with Crippen LogP contribution in [0, 0.1) is 0 Å². The van der Waals surface area contributed by atoms with E-state index in [-0.39, 0.29) is 0 Å². The molecule has 2 nitrogen and oxygen atoms in total. The summed E-state index contributed by atoms with van der Waals surface area (Å²) in [5, 5.41) is 4.51. The first kappa shape index (κ1) is 13.6. The maximum atomic E-state index is 6.47. The molecule has 0 bridgehead atoms. The SMILES string of the molecule is Clc1cccc(CNC2CC2)c1N1CCCSCC1. The van der Waals surface area contributed by atoms with Crippen LogP contribution in [0.5, 0.6) is 0 Å². The summed E-state index contributed by atoms with van der Waals surface area (Å²) < 4.78 is 0. The van der Waals surface area contributed by atoms with E-state index in [1.54, 1.807) is 0 Å². The molecule has 2 fully saturated rings. The van der Waals surface area contributed by atoms with Crippen molar-refractivity contribution in [1.82, 2.24) is 5.32 Å². The second kappa shape index (κ2) is 6.38. The van der Waals surface area contributed by atoms with Crippen LogP contribution in [0.4, 0.5) is 5.69 Å². The molecule has 4 heteroatoms. The Balaban J connectivity index is 1.79. The number of anilines is 1. The molecule has 0 aromatic heterocycles. The number of nitrogens with one attached hydrogen (secondary N) is 1. The molecule has 1 saturated heterocycles. The van der Waals surface area contributed by atoms with Gasteiger partial charge >= 0.3 is 0 Å². The standard InChI is InChI=1S/C15H21ClN2S/c16-14-4-1-3-12(11-17-13-5-6-13)15(14)18-7-2-9-19-10-8-18/h1,3-4,13,17H,2,5-11H2. The van der Waals surface area contributed by atoms with E-state index in [0.29, 0.717) is 0 Å². The average molecular weight is 297 g/mol. The fourth-order valence-electron chi connectivity index (χ4n) is 2.57. The minimum Gasteiger partial charge on any atom is -0.369 e. The minimum atomic E-state index is 0.742. The third kappa shape index (κ3) is 3.59. The molecule has 0 spiro atoms. The van der Waals surface area contributed by atoms with E-state index < -0.39 is 0 Å². The Morgan fingerprint density at radius 3 is 3.00 bits per heavy atom. The van der Waals surface area contributed by atoms with Gasteiger partial charge in [0.05, 0.1) is 10.7 Å². The molecular formula is C15H21ClN2S. The molecule has 1 heterocycles. The molecule has 3 rings (SSSR count). The summed E-state index contributed by atoms with van der Waals surface area (Å²) >= 11 is 8.52. The highest BCUT2D eigenvalue weighted by atomic mass is 35.5. The molecule has 0 atom stereocenters. The van der Waals surface area contributed by atoms with Crippen molar-refractivity contribution in [1.29, 1.82) is 0 Å². The molecule has 19 heavy (non-hydrogen) atoms. The number of benzene rings is 1. The fourth-order valence-corrected chi connectivity index (χ4v) is 3.77. The molecule has 104 valence electrons. The number of para-hydroxylation sites is 1. The third-order valence-corrected chi connectivity index (χ3v) is 5.12. The van der Waals surface area contributed by atoms with Gasteiger partial charge in [0.1, 0.15) is 0 Å². The smallest absolute Gasteiger partial charge is 0.0642 e. The van der Waals surface area contributed by atoms with Crippen LogP contribution < -0.4 is 10.2 Å².